The zero-order valence-corrected chi connectivity index (χ0v) is 9.10. The molecule has 1 heterocycles. The van der Waals surface area contributed by atoms with Crippen LogP contribution in [0.5, 0.6) is 0 Å². The van der Waals surface area contributed by atoms with Gasteiger partial charge >= 0.3 is 0 Å². The molecule has 0 unspecified atom stereocenters. The number of hydrogen-bond acceptors (Lipinski definition) is 3. The predicted octanol–water partition coefficient (Wildman–Crippen LogP) is 2.45. The van der Waals surface area contributed by atoms with Gasteiger partial charge in [0.1, 0.15) is 5.82 Å². The molecule has 0 aromatic carbocycles. The summed E-state index contributed by atoms with van der Waals surface area (Å²) in [7, 11) is 0. The fraction of sp³-hybridized carbons (Fsp3) is 0.667. The molecule has 1 aliphatic rings. The Balaban J connectivity index is 1.88. The molecule has 15 heavy (non-hydrogen) atoms. The third-order valence-corrected chi connectivity index (χ3v) is 3.23. The van der Waals surface area contributed by atoms with E-state index in [2.05, 4.69) is 9.97 Å². The van der Waals surface area contributed by atoms with Crippen LogP contribution in [0.15, 0.2) is 18.5 Å². The second-order valence-electron chi connectivity index (χ2n) is 4.45. The van der Waals surface area contributed by atoms with E-state index in [9.17, 15) is 0 Å². The van der Waals surface area contributed by atoms with Crippen LogP contribution in [0.3, 0.4) is 0 Å². The van der Waals surface area contributed by atoms with Gasteiger partial charge in [0.2, 0.25) is 0 Å². The van der Waals surface area contributed by atoms with Gasteiger partial charge < -0.3 is 5.73 Å². The van der Waals surface area contributed by atoms with E-state index in [1.54, 1.807) is 12.4 Å². The van der Waals surface area contributed by atoms with Gasteiger partial charge in [-0.1, -0.05) is 32.1 Å². The summed E-state index contributed by atoms with van der Waals surface area (Å²) in [6.45, 7) is 0. The van der Waals surface area contributed by atoms with Crippen LogP contribution in [0.2, 0.25) is 0 Å². The predicted molar refractivity (Wildman–Crippen MR) is 60.2 cm³/mol. The number of nitrogens with two attached hydrogens (primary N) is 1. The summed E-state index contributed by atoms with van der Waals surface area (Å²) in [6.07, 6.45) is 11.4. The van der Waals surface area contributed by atoms with E-state index in [-0.39, 0.29) is 6.04 Å². The Bertz CT molecular complexity index is 280. The van der Waals surface area contributed by atoms with Crippen molar-refractivity contribution in [3.05, 3.63) is 24.3 Å². The Morgan fingerprint density at radius 1 is 1.20 bits per heavy atom. The lowest BCUT2D eigenvalue weighted by Gasteiger charge is -2.23. The first-order valence-electron chi connectivity index (χ1n) is 5.89. The summed E-state index contributed by atoms with van der Waals surface area (Å²) in [6, 6.07) is 1.85. The Morgan fingerprint density at radius 2 is 1.87 bits per heavy atom. The summed E-state index contributed by atoms with van der Waals surface area (Å²) in [4.78, 5) is 8.42. The van der Waals surface area contributed by atoms with Crippen molar-refractivity contribution in [2.24, 2.45) is 11.7 Å². The number of rotatable bonds is 3. The van der Waals surface area contributed by atoms with Crippen molar-refractivity contribution in [1.29, 1.82) is 0 Å². The van der Waals surface area contributed by atoms with Gasteiger partial charge in [-0.25, -0.2) is 9.97 Å². The van der Waals surface area contributed by atoms with Crippen molar-refractivity contribution >= 4 is 0 Å². The molecule has 2 N–H and O–H groups in total. The lowest BCUT2D eigenvalue weighted by Crippen LogP contribution is -2.19. The number of aromatic nitrogens is 2. The van der Waals surface area contributed by atoms with Crippen molar-refractivity contribution in [3.8, 4) is 0 Å². The van der Waals surface area contributed by atoms with E-state index in [1.807, 2.05) is 6.07 Å². The SMILES string of the molecule is N[C@@H](CC1CCCCC1)c1ncccn1. The van der Waals surface area contributed by atoms with E-state index < -0.39 is 0 Å². The highest BCUT2D eigenvalue weighted by Gasteiger charge is 2.18. The minimum Gasteiger partial charge on any atom is -0.321 e. The highest BCUT2D eigenvalue weighted by Crippen LogP contribution is 2.29. The van der Waals surface area contributed by atoms with E-state index in [4.69, 9.17) is 5.73 Å². The zero-order valence-electron chi connectivity index (χ0n) is 9.10. The van der Waals surface area contributed by atoms with Crippen LogP contribution in [-0.4, -0.2) is 9.97 Å². The van der Waals surface area contributed by atoms with Gasteiger partial charge in [0.25, 0.3) is 0 Å². The smallest absolute Gasteiger partial charge is 0.144 e. The maximum absolute atomic E-state index is 6.10. The summed E-state index contributed by atoms with van der Waals surface area (Å²) in [5.74, 6) is 1.58. The molecular weight excluding hydrogens is 186 g/mol. The van der Waals surface area contributed by atoms with Crippen LogP contribution in [0.25, 0.3) is 0 Å². The van der Waals surface area contributed by atoms with Crippen molar-refractivity contribution in [2.45, 2.75) is 44.6 Å². The lowest BCUT2D eigenvalue weighted by atomic mass is 9.85. The molecule has 2 rings (SSSR count). The Morgan fingerprint density at radius 3 is 2.53 bits per heavy atom. The van der Waals surface area contributed by atoms with Crippen LogP contribution >= 0.6 is 0 Å². The first-order chi connectivity index (χ1) is 7.36. The first kappa shape index (κ1) is 10.6. The molecule has 1 aliphatic carbocycles. The third-order valence-electron chi connectivity index (χ3n) is 3.23. The summed E-state index contributed by atoms with van der Waals surface area (Å²) < 4.78 is 0. The second kappa shape index (κ2) is 5.21. The number of hydrogen-bond donors (Lipinski definition) is 1. The Kier molecular flexibility index (Phi) is 3.67. The Labute approximate surface area is 91.1 Å². The van der Waals surface area contributed by atoms with Gasteiger partial charge in [0.05, 0.1) is 6.04 Å². The summed E-state index contributed by atoms with van der Waals surface area (Å²) in [5, 5.41) is 0. The van der Waals surface area contributed by atoms with Gasteiger partial charge in [0, 0.05) is 12.4 Å². The van der Waals surface area contributed by atoms with Crippen LogP contribution in [0.1, 0.15) is 50.4 Å². The molecule has 0 bridgehead atoms. The molecule has 0 radical (unpaired) electrons. The maximum atomic E-state index is 6.10. The minimum absolute atomic E-state index is 0.0225. The normalized spacial score (nSPS) is 20.1. The van der Waals surface area contributed by atoms with Crippen molar-refractivity contribution < 1.29 is 0 Å². The topological polar surface area (TPSA) is 51.8 Å². The third kappa shape index (κ3) is 2.99. The average Bonchev–Trinajstić information content (AvgIpc) is 2.31. The number of nitrogens with zero attached hydrogens (tertiary/aromatic N) is 2. The first-order valence-corrected chi connectivity index (χ1v) is 5.89. The minimum atomic E-state index is 0.0225. The van der Waals surface area contributed by atoms with Crippen LogP contribution in [0, 0.1) is 5.92 Å². The van der Waals surface area contributed by atoms with Gasteiger partial charge in [-0.2, -0.15) is 0 Å². The molecule has 0 amide bonds. The molecule has 1 atom stereocenters. The van der Waals surface area contributed by atoms with Crippen LogP contribution < -0.4 is 5.73 Å². The zero-order chi connectivity index (χ0) is 10.5. The molecule has 3 nitrogen and oxygen atoms in total. The van der Waals surface area contributed by atoms with Crippen molar-refractivity contribution in [2.75, 3.05) is 0 Å². The fourth-order valence-electron chi connectivity index (χ4n) is 2.39. The fourth-order valence-corrected chi connectivity index (χ4v) is 2.39. The molecule has 1 aromatic rings. The molecule has 1 fully saturated rings. The second-order valence-corrected chi connectivity index (χ2v) is 4.45. The van der Waals surface area contributed by atoms with Gasteiger partial charge in [-0.15, -0.1) is 0 Å². The standard InChI is InChI=1S/C12H19N3/c13-11(12-14-7-4-8-15-12)9-10-5-2-1-3-6-10/h4,7-8,10-11H,1-3,5-6,9,13H2/t11-/m0/s1. The van der Waals surface area contributed by atoms with E-state index in [1.165, 1.54) is 32.1 Å². The van der Waals surface area contributed by atoms with Crippen molar-refractivity contribution in [3.63, 3.8) is 0 Å². The van der Waals surface area contributed by atoms with Gasteiger partial charge in [-0.3, -0.25) is 0 Å². The molecular formula is C12H19N3. The highest BCUT2D eigenvalue weighted by atomic mass is 14.9. The quantitative estimate of drug-likeness (QED) is 0.824. The van der Waals surface area contributed by atoms with Crippen molar-refractivity contribution in [1.82, 2.24) is 9.97 Å². The van der Waals surface area contributed by atoms with Crippen LogP contribution in [-0.2, 0) is 0 Å². The average molecular weight is 205 g/mol. The molecule has 0 saturated heterocycles. The van der Waals surface area contributed by atoms with E-state index in [0.29, 0.717) is 0 Å². The lowest BCUT2D eigenvalue weighted by molar-refractivity contribution is 0.315. The highest BCUT2D eigenvalue weighted by molar-refractivity contribution is 4.95. The van der Waals surface area contributed by atoms with E-state index in [0.717, 1.165) is 18.2 Å². The van der Waals surface area contributed by atoms with Crippen LogP contribution in [0.4, 0.5) is 0 Å². The van der Waals surface area contributed by atoms with Gasteiger partial charge in [-0.05, 0) is 18.4 Å². The molecule has 3 heteroatoms. The monoisotopic (exact) mass is 205 g/mol. The van der Waals surface area contributed by atoms with E-state index >= 15 is 0 Å². The summed E-state index contributed by atoms with van der Waals surface area (Å²) >= 11 is 0. The Hall–Kier alpha value is -0.960. The largest absolute Gasteiger partial charge is 0.321 e. The molecule has 82 valence electrons. The maximum Gasteiger partial charge on any atom is 0.144 e. The molecule has 0 aliphatic heterocycles. The molecule has 1 aromatic heterocycles. The van der Waals surface area contributed by atoms with Gasteiger partial charge in [0.15, 0.2) is 0 Å². The molecule has 0 spiro atoms. The summed E-state index contributed by atoms with van der Waals surface area (Å²) in [5.41, 5.74) is 6.10. The molecule has 1 saturated carbocycles.